The van der Waals surface area contributed by atoms with Crippen LogP contribution in [0.25, 0.3) is 0 Å². The van der Waals surface area contributed by atoms with E-state index in [1.54, 1.807) is 6.26 Å². The van der Waals surface area contributed by atoms with E-state index in [2.05, 4.69) is 4.90 Å². The van der Waals surface area contributed by atoms with Gasteiger partial charge in [-0.05, 0) is 45.4 Å². The molecule has 4 heteroatoms. The molecule has 0 radical (unpaired) electrons. The van der Waals surface area contributed by atoms with Gasteiger partial charge in [-0.2, -0.15) is 0 Å². The maximum absolute atomic E-state index is 11.3. The molecule has 1 unspecified atom stereocenters. The SMILES string of the molecule is CC1(C)C(C(=O)O)CCCN1Cc1ccco1. The molecule has 0 aromatic carbocycles. The van der Waals surface area contributed by atoms with Gasteiger partial charge in [0, 0.05) is 5.54 Å². The molecule has 0 aliphatic carbocycles. The number of furan rings is 1. The van der Waals surface area contributed by atoms with Crippen LogP contribution in [0, 0.1) is 5.92 Å². The van der Waals surface area contributed by atoms with Crippen molar-refractivity contribution in [3.05, 3.63) is 24.2 Å². The normalized spacial score (nSPS) is 24.7. The van der Waals surface area contributed by atoms with E-state index >= 15 is 0 Å². The van der Waals surface area contributed by atoms with Gasteiger partial charge in [0.1, 0.15) is 5.76 Å². The summed E-state index contributed by atoms with van der Waals surface area (Å²) >= 11 is 0. The summed E-state index contributed by atoms with van der Waals surface area (Å²) in [5.41, 5.74) is -0.323. The lowest BCUT2D eigenvalue weighted by molar-refractivity contribution is -0.150. The van der Waals surface area contributed by atoms with Gasteiger partial charge in [-0.1, -0.05) is 0 Å². The summed E-state index contributed by atoms with van der Waals surface area (Å²) < 4.78 is 5.34. The topological polar surface area (TPSA) is 53.7 Å². The molecule has 2 rings (SSSR count). The highest BCUT2D eigenvalue weighted by atomic mass is 16.4. The highest BCUT2D eigenvalue weighted by Crippen LogP contribution is 2.34. The average Bonchev–Trinajstić information content (AvgIpc) is 2.73. The lowest BCUT2D eigenvalue weighted by atomic mass is 9.79. The largest absolute Gasteiger partial charge is 0.481 e. The number of rotatable bonds is 3. The molecule has 1 aromatic rings. The zero-order chi connectivity index (χ0) is 12.5. The van der Waals surface area contributed by atoms with Crippen LogP contribution in [-0.4, -0.2) is 28.1 Å². The first-order valence-electron chi connectivity index (χ1n) is 6.02. The first-order valence-corrected chi connectivity index (χ1v) is 6.02. The van der Waals surface area contributed by atoms with Gasteiger partial charge in [0.15, 0.2) is 0 Å². The minimum atomic E-state index is -0.695. The Hall–Kier alpha value is -1.29. The smallest absolute Gasteiger partial charge is 0.308 e. The number of carbonyl (C=O) groups is 1. The minimum absolute atomic E-state index is 0.300. The van der Waals surface area contributed by atoms with Crippen LogP contribution in [0.5, 0.6) is 0 Å². The lowest BCUT2D eigenvalue weighted by Gasteiger charge is -2.46. The third kappa shape index (κ3) is 2.36. The molecule has 1 saturated heterocycles. The Balaban J connectivity index is 2.13. The highest BCUT2D eigenvalue weighted by Gasteiger charge is 2.42. The van der Waals surface area contributed by atoms with E-state index in [1.165, 1.54) is 0 Å². The summed E-state index contributed by atoms with van der Waals surface area (Å²) in [7, 11) is 0. The Labute approximate surface area is 101 Å². The van der Waals surface area contributed by atoms with Crippen molar-refractivity contribution in [2.45, 2.75) is 38.8 Å². The molecule has 1 aromatic heterocycles. The van der Waals surface area contributed by atoms with Gasteiger partial charge in [-0.3, -0.25) is 9.69 Å². The van der Waals surface area contributed by atoms with Crippen LogP contribution in [0.1, 0.15) is 32.4 Å². The Kier molecular flexibility index (Phi) is 3.24. The Morgan fingerprint density at radius 1 is 1.65 bits per heavy atom. The fourth-order valence-electron chi connectivity index (χ4n) is 2.65. The van der Waals surface area contributed by atoms with Crippen molar-refractivity contribution in [2.24, 2.45) is 5.92 Å². The number of aliphatic carboxylic acids is 1. The van der Waals surface area contributed by atoms with Crippen LogP contribution in [-0.2, 0) is 11.3 Å². The van der Waals surface area contributed by atoms with Gasteiger partial charge in [0.05, 0.1) is 18.7 Å². The number of carboxylic acids is 1. The van der Waals surface area contributed by atoms with Crippen molar-refractivity contribution >= 4 is 5.97 Å². The van der Waals surface area contributed by atoms with E-state index in [-0.39, 0.29) is 11.5 Å². The molecule has 0 saturated carbocycles. The second kappa shape index (κ2) is 4.53. The Morgan fingerprint density at radius 3 is 3.00 bits per heavy atom. The number of piperidine rings is 1. The number of likely N-dealkylation sites (tertiary alicyclic amines) is 1. The summed E-state index contributed by atoms with van der Waals surface area (Å²) in [5.74, 6) is -0.102. The second-order valence-electron chi connectivity index (χ2n) is 5.19. The van der Waals surface area contributed by atoms with E-state index in [1.807, 2.05) is 26.0 Å². The molecule has 2 heterocycles. The number of nitrogens with zero attached hydrogens (tertiary/aromatic N) is 1. The number of carboxylic acid groups (broad SMARTS) is 1. The van der Waals surface area contributed by atoms with E-state index < -0.39 is 5.97 Å². The molecule has 1 atom stereocenters. The van der Waals surface area contributed by atoms with Gasteiger partial charge >= 0.3 is 5.97 Å². The fraction of sp³-hybridized carbons (Fsp3) is 0.615. The van der Waals surface area contributed by atoms with Gasteiger partial charge in [-0.15, -0.1) is 0 Å². The van der Waals surface area contributed by atoms with Crippen molar-refractivity contribution in [3.8, 4) is 0 Å². The highest BCUT2D eigenvalue weighted by molar-refractivity contribution is 5.71. The maximum atomic E-state index is 11.3. The van der Waals surface area contributed by atoms with E-state index in [0.717, 1.165) is 25.1 Å². The van der Waals surface area contributed by atoms with Crippen molar-refractivity contribution in [1.29, 1.82) is 0 Å². The molecule has 1 aliphatic rings. The molecule has 17 heavy (non-hydrogen) atoms. The van der Waals surface area contributed by atoms with Crippen LogP contribution in [0.15, 0.2) is 22.8 Å². The summed E-state index contributed by atoms with van der Waals surface area (Å²) in [4.78, 5) is 13.5. The number of hydrogen-bond donors (Lipinski definition) is 1. The summed E-state index contributed by atoms with van der Waals surface area (Å²) in [6.07, 6.45) is 3.35. The molecule has 0 amide bonds. The van der Waals surface area contributed by atoms with Crippen molar-refractivity contribution in [1.82, 2.24) is 4.90 Å². The van der Waals surface area contributed by atoms with Crippen LogP contribution in [0.2, 0.25) is 0 Å². The molecule has 1 fully saturated rings. The summed E-state index contributed by atoms with van der Waals surface area (Å²) in [5, 5.41) is 9.27. The van der Waals surface area contributed by atoms with E-state index in [9.17, 15) is 9.90 Å². The fourth-order valence-corrected chi connectivity index (χ4v) is 2.65. The predicted octanol–water partition coefficient (Wildman–Crippen LogP) is 2.35. The van der Waals surface area contributed by atoms with Crippen molar-refractivity contribution in [3.63, 3.8) is 0 Å². The summed E-state index contributed by atoms with van der Waals surface area (Å²) in [6, 6.07) is 3.79. The molecule has 0 bridgehead atoms. The third-order valence-electron chi connectivity index (χ3n) is 3.81. The van der Waals surface area contributed by atoms with Crippen molar-refractivity contribution in [2.75, 3.05) is 6.54 Å². The minimum Gasteiger partial charge on any atom is -0.481 e. The molecule has 1 N–H and O–H groups in total. The lowest BCUT2D eigenvalue weighted by Crippen LogP contribution is -2.55. The second-order valence-corrected chi connectivity index (χ2v) is 5.19. The van der Waals surface area contributed by atoms with Gasteiger partial charge in [-0.25, -0.2) is 0 Å². The Morgan fingerprint density at radius 2 is 2.41 bits per heavy atom. The van der Waals surface area contributed by atoms with Gasteiger partial charge in [0.25, 0.3) is 0 Å². The van der Waals surface area contributed by atoms with Crippen molar-refractivity contribution < 1.29 is 14.3 Å². The monoisotopic (exact) mass is 237 g/mol. The van der Waals surface area contributed by atoms with Gasteiger partial charge in [0.2, 0.25) is 0 Å². The first kappa shape index (κ1) is 12.2. The quantitative estimate of drug-likeness (QED) is 0.876. The zero-order valence-electron chi connectivity index (χ0n) is 10.3. The molecule has 94 valence electrons. The van der Waals surface area contributed by atoms with E-state index in [0.29, 0.717) is 6.54 Å². The summed E-state index contributed by atoms with van der Waals surface area (Å²) in [6.45, 7) is 5.63. The maximum Gasteiger partial charge on any atom is 0.308 e. The Bertz CT molecular complexity index is 383. The first-order chi connectivity index (χ1) is 8.01. The average molecular weight is 237 g/mol. The van der Waals surface area contributed by atoms with E-state index in [4.69, 9.17) is 4.42 Å². The van der Waals surface area contributed by atoms with Crippen LogP contribution >= 0.6 is 0 Å². The van der Waals surface area contributed by atoms with Crippen LogP contribution < -0.4 is 0 Å². The molecular weight excluding hydrogens is 218 g/mol. The predicted molar refractivity (Wildman–Crippen MR) is 63.6 cm³/mol. The third-order valence-corrected chi connectivity index (χ3v) is 3.81. The standard InChI is InChI=1S/C13H19NO3/c1-13(2)11(12(15)16)6-3-7-14(13)9-10-5-4-8-17-10/h4-5,8,11H,3,6-7,9H2,1-2H3,(H,15,16). The van der Waals surface area contributed by atoms with Crippen LogP contribution in [0.4, 0.5) is 0 Å². The molecule has 0 spiro atoms. The van der Waals surface area contributed by atoms with Gasteiger partial charge < -0.3 is 9.52 Å². The van der Waals surface area contributed by atoms with Crippen LogP contribution in [0.3, 0.4) is 0 Å². The number of hydrogen-bond acceptors (Lipinski definition) is 3. The molecular formula is C13H19NO3. The molecule has 4 nitrogen and oxygen atoms in total. The molecule has 1 aliphatic heterocycles. The zero-order valence-corrected chi connectivity index (χ0v) is 10.3.